The number of hydrogen-bond donors (Lipinski definition) is 1. The van der Waals surface area contributed by atoms with E-state index in [0.717, 1.165) is 5.69 Å². The first kappa shape index (κ1) is 11.3. The number of benzene rings is 1. The van der Waals surface area contributed by atoms with Crippen LogP contribution in [0.15, 0.2) is 48.8 Å². The summed E-state index contributed by atoms with van der Waals surface area (Å²) in [5, 5.41) is 8.48. The summed E-state index contributed by atoms with van der Waals surface area (Å²) in [5.74, 6) is -0.170. The summed E-state index contributed by atoms with van der Waals surface area (Å²) in [5.41, 5.74) is 1.04. The van der Waals surface area contributed by atoms with Crippen molar-refractivity contribution in [2.45, 2.75) is 6.42 Å². The number of carboxylic acid groups (broad SMARTS) is 1. The quantitative estimate of drug-likeness (QED) is 0.859. The minimum absolute atomic E-state index is 0.0132. The van der Waals surface area contributed by atoms with Crippen molar-refractivity contribution in [3.63, 3.8) is 0 Å². The highest BCUT2D eigenvalue weighted by Gasteiger charge is 1.99. The van der Waals surface area contributed by atoms with Crippen LogP contribution in [0.25, 0.3) is 5.69 Å². The number of carboxylic acids is 1. The lowest BCUT2D eigenvalue weighted by Gasteiger charge is -2.06. The molecule has 1 heterocycles. The van der Waals surface area contributed by atoms with E-state index in [-0.39, 0.29) is 13.0 Å². The van der Waals surface area contributed by atoms with Crippen LogP contribution in [0, 0.1) is 0 Å². The molecule has 0 bridgehead atoms. The van der Waals surface area contributed by atoms with E-state index in [4.69, 9.17) is 9.84 Å². The van der Waals surface area contributed by atoms with Gasteiger partial charge < -0.3 is 14.4 Å². The van der Waals surface area contributed by atoms with Crippen molar-refractivity contribution >= 4 is 5.97 Å². The molecule has 0 aliphatic heterocycles. The number of nitrogens with zero attached hydrogens (tertiary/aromatic N) is 1. The van der Waals surface area contributed by atoms with Gasteiger partial charge in [0.2, 0.25) is 0 Å². The fourth-order valence-corrected chi connectivity index (χ4v) is 1.48. The molecule has 0 spiro atoms. The SMILES string of the molecule is O=C(O)CCOc1ccc(-n2cccc2)cc1. The van der Waals surface area contributed by atoms with E-state index < -0.39 is 5.97 Å². The van der Waals surface area contributed by atoms with Gasteiger partial charge in [0, 0.05) is 18.1 Å². The molecule has 0 fully saturated rings. The lowest BCUT2D eigenvalue weighted by molar-refractivity contribution is -0.137. The maximum absolute atomic E-state index is 10.3. The zero-order valence-corrected chi connectivity index (χ0v) is 9.24. The topological polar surface area (TPSA) is 51.5 Å². The average Bonchev–Trinajstić information content (AvgIpc) is 2.83. The van der Waals surface area contributed by atoms with Gasteiger partial charge in [-0.2, -0.15) is 0 Å². The normalized spacial score (nSPS) is 10.1. The van der Waals surface area contributed by atoms with Crippen LogP contribution in [0.3, 0.4) is 0 Å². The number of aromatic nitrogens is 1. The maximum atomic E-state index is 10.3. The van der Waals surface area contributed by atoms with Crippen molar-refractivity contribution in [3.05, 3.63) is 48.8 Å². The molecule has 1 aromatic heterocycles. The Balaban J connectivity index is 1.96. The van der Waals surface area contributed by atoms with E-state index in [9.17, 15) is 4.79 Å². The molecule has 0 atom stereocenters. The first-order valence-electron chi connectivity index (χ1n) is 5.34. The van der Waals surface area contributed by atoms with Crippen molar-refractivity contribution in [3.8, 4) is 11.4 Å². The molecular formula is C13H13NO3. The molecule has 0 radical (unpaired) electrons. The highest BCUT2D eigenvalue weighted by molar-refractivity contribution is 5.66. The van der Waals surface area contributed by atoms with Crippen LogP contribution in [-0.2, 0) is 4.79 Å². The highest BCUT2D eigenvalue weighted by Crippen LogP contribution is 2.15. The van der Waals surface area contributed by atoms with Gasteiger partial charge in [0.25, 0.3) is 0 Å². The summed E-state index contributed by atoms with van der Waals surface area (Å²) < 4.78 is 7.29. The largest absolute Gasteiger partial charge is 0.493 e. The van der Waals surface area contributed by atoms with E-state index in [1.165, 1.54) is 0 Å². The number of hydrogen-bond acceptors (Lipinski definition) is 2. The fourth-order valence-electron chi connectivity index (χ4n) is 1.48. The van der Waals surface area contributed by atoms with Crippen LogP contribution >= 0.6 is 0 Å². The first-order chi connectivity index (χ1) is 8.25. The van der Waals surface area contributed by atoms with Crippen LogP contribution in [0.1, 0.15) is 6.42 Å². The van der Waals surface area contributed by atoms with Gasteiger partial charge in [-0.05, 0) is 36.4 Å². The summed E-state index contributed by atoms with van der Waals surface area (Å²) >= 11 is 0. The first-order valence-corrected chi connectivity index (χ1v) is 5.34. The Morgan fingerprint density at radius 3 is 2.41 bits per heavy atom. The minimum Gasteiger partial charge on any atom is -0.493 e. The second-order valence-corrected chi connectivity index (χ2v) is 3.58. The summed E-state index contributed by atoms with van der Waals surface area (Å²) in [4.78, 5) is 10.3. The van der Waals surface area contributed by atoms with Crippen LogP contribution in [-0.4, -0.2) is 22.2 Å². The molecule has 0 saturated carbocycles. The lowest BCUT2D eigenvalue weighted by atomic mass is 10.3. The molecule has 4 heteroatoms. The Morgan fingerprint density at radius 2 is 1.82 bits per heavy atom. The predicted octanol–water partition coefficient (Wildman–Crippen LogP) is 2.33. The van der Waals surface area contributed by atoms with Crippen LogP contribution in [0.4, 0.5) is 0 Å². The van der Waals surface area contributed by atoms with E-state index in [2.05, 4.69) is 0 Å². The number of carbonyl (C=O) groups is 1. The van der Waals surface area contributed by atoms with Crippen LogP contribution in [0.2, 0.25) is 0 Å². The molecule has 1 N–H and O–H groups in total. The van der Waals surface area contributed by atoms with Crippen molar-refractivity contribution in [2.24, 2.45) is 0 Å². The van der Waals surface area contributed by atoms with Crippen molar-refractivity contribution in [2.75, 3.05) is 6.61 Å². The maximum Gasteiger partial charge on any atom is 0.306 e. The molecule has 2 aromatic rings. The van der Waals surface area contributed by atoms with E-state index >= 15 is 0 Å². The number of ether oxygens (including phenoxy) is 1. The van der Waals surface area contributed by atoms with Crippen molar-refractivity contribution in [1.82, 2.24) is 4.57 Å². The highest BCUT2D eigenvalue weighted by atomic mass is 16.5. The second kappa shape index (κ2) is 5.21. The van der Waals surface area contributed by atoms with Gasteiger partial charge in [-0.15, -0.1) is 0 Å². The molecule has 1 aromatic carbocycles. The monoisotopic (exact) mass is 231 g/mol. The van der Waals surface area contributed by atoms with Gasteiger partial charge >= 0.3 is 5.97 Å². The van der Waals surface area contributed by atoms with Gasteiger partial charge in [0.1, 0.15) is 5.75 Å². The Bertz CT molecular complexity index is 474. The van der Waals surface area contributed by atoms with Gasteiger partial charge in [0.15, 0.2) is 0 Å². The zero-order valence-electron chi connectivity index (χ0n) is 9.24. The summed E-state index contributed by atoms with van der Waals surface area (Å²) in [6, 6.07) is 11.4. The van der Waals surface area contributed by atoms with E-state index in [1.807, 2.05) is 53.4 Å². The molecule has 17 heavy (non-hydrogen) atoms. The molecule has 0 amide bonds. The number of rotatable bonds is 5. The van der Waals surface area contributed by atoms with Crippen molar-refractivity contribution < 1.29 is 14.6 Å². The Kier molecular flexibility index (Phi) is 3.45. The fraction of sp³-hybridized carbons (Fsp3) is 0.154. The van der Waals surface area contributed by atoms with E-state index in [0.29, 0.717) is 5.75 Å². The van der Waals surface area contributed by atoms with Gasteiger partial charge in [0.05, 0.1) is 13.0 Å². The van der Waals surface area contributed by atoms with Gasteiger partial charge in [-0.25, -0.2) is 0 Å². The minimum atomic E-state index is -0.853. The summed E-state index contributed by atoms with van der Waals surface area (Å²) in [6.45, 7) is 0.193. The summed E-state index contributed by atoms with van der Waals surface area (Å²) in [7, 11) is 0. The molecular weight excluding hydrogens is 218 g/mol. The lowest BCUT2D eigenvalue weighted by Crippen LogP contribution is -2.04. The molecule has 0 aliphatic rings. The smallest absolute Gasteiger partial charge is 0.306 e. The second-order valence-electron chi connectivity index (χ2n) is 3.58. The predicted molar refractivity (Wildman–Crippen MR) is 63.5 cm³/mol. The van der Waals surface area contributed by atoms with E-state index in [1.54, 1.807) is 0 Å². The van der Waals surface area contributed by atoms with Crippen LogP contribution in [0.5, 0.6) is 5.75 Å². The van der Waals surface area contributed by atoms with Gasteiger partial charge in [-0.3, -0.25) is 4.79 Å². The third-order valence-corrected chi connectivity index (χ3v) is 2.32. The summed E-state index contributed by atoms with van der Waals surface area (Å²) in [6.07, 6.45) is 3.93. The Labute approximate surface area is 99.1 Å². The Hall–Kier alpha value is -2.23. The molecule has 2 rings (SSSR count). The standard InChI is InChI=1S/C13H13NO3/c15-13(16)7-10-17-12-5-3-11(4-6-12)14-8-1-2-9-14/h1-6,8-9H,7,10H2,(H,15,16). The van der Waals surface area contributed by atoms with Gasteiger partial charge in [-0.1, -0.05) is 0 Å². The van der Waals surface area contributed by atoms with Crippen molar-refractivity contribution in [1.29, 1.82) is 0 Å². The molecule has 0 saturated heterocycles. The van der Waals surface area contributed by atoms with Crippen LogP contribution < -0.4 is 4.74 Å². The zero-order chi connectivity index (χ0) is 12.1. The Morgan fingerprint density at radius 1 is 1.18 bits per heavy atom. The molecule has 4 nitrogen and oxygen atoms in total. The molecule has 0 unspecified atom stereocenters. The third kappa shape index (κ3) is 3.11. The third-order valence-electron chi connectivity index (χ3n) is 2.32. The average molecular weight is 231 g/mol. The molecule has 88 valence electrons. The number of aliphatic carboxylic acids is 1. The molecule has 0 aliphatic carbocycles.